The molecular weight excluding hydrogens is 214 g/mol. The van der Waals surface area contributed by atoms with Gasteiger partial charge in [0.2, 0.25) is 0 Å². The van der Waals surface area contributed by atoms with Gasteiger partial charge in [-0.25, -0.2) is 0 Å². The van der Waals surface area contributed by atoms with Crippen LogP contribution in [-0.4, -0.2) is 18.3 Å². The van der Waals surface area contributed by atoms with Crippen LogP contribution in [0.2, 0.25) is 5.02 Å². The minimum Gasteiger partial charge on any atom is -0.490 e. The third-order valence-corrected chi connectivity index (χ3v) is 2.34. The van der Waals surface area contributed by atoms with Crippen molar-refractivity contribution in [3.63, 3.8) is 0 Å². The maximum absolute atomic E-state index is 8.59. The monoisotopic (exact) mass is 229 g/mol. The molecule has 0 spiro atoms. The molecule has 0 amide bonds. The standard InChI is InChI=1S/C11H16ClNO2/c12-9-5-4-6-10(13)11(9)15-8-3-1-2-7-14/h4-6,14H,1-3,7-8,13H2. The Kier molecular flexibility index (Phi) is 5.29. The maximum atomic E-state index is 8.59. The second kappa shape index (κ2) is 6.53. The summed E-state index contributed by atoms with van der Waals surface area (Å²) < 4.78 is 5.48. The van der Waals surface area contributed by atoms with Crippen LogP contribution in [0.5, 0.6) is 5.75 Å². The van der Waals surface area contributed by atoms with E-state index in [9.17, 15) is 0 Å². The topological polar surface area (TPSA) is 55.5 Å². The van der Waals surface area contributed by atoms with Crippen molar-refractivity contribution in [2.45, 2.75) is 19.3 Å². The fourth-order valence-electron chi connectivity index (χ4n) is 1.24. The molecule has 0 atom stereocenters. The molecular formula is C11H16ClNO2. The van der Waals surface area contributed by atoms with Crippen LogP contribution >= 0.6 is 11.6 Å². The van der Waals surface area contributed by atoms with E-state index in [-0.39, 0.29) is 6.61 Å². The Bertz CT molecular complexity index is 284. The normalized spacial score (nSPS) is 10.3. The Balaban J connectivity index is 2.37. The van der Waals surface area contributed by atoms with E-state index in [1.54, 1.807) is 18.2 Å². The number of para-hydroxylation sites is 1. The van der Waals surface area contributed by atoms with Crippen molar-refractivity contribution in [3.8, 4) is 5.75 Å². The summed E-state index contributed by atoms with van der Waals surface area (Å²) >= 11 is 5.92. The smallest absolute Gasteiger partial charge is 0.160 e. The van der Waals surface area contributed by atoms with Crippen molar-refractivity contribution in [3.05, 3.63) is 23.2 Å². The number of rotatable bonds is 6. The number of nitrogen functional groups attached to an aromatic ring is 1. The van der Waals surface area contributed by atoms with Crippen LogP contribution in [0.25, 0.3) is 0 Å². The second-order valence-corrected chi connectivity index (χ2v) is 3.70. The van der Waals surface area contributed by atoms with Gasteiger partial charge in [-0.2, -0.15) is 0 Å². The highest BCUT2D eigenvalue weighted by molar-refractivity contribution is 6.32. The minimum atomic E-state index is 0.230. The number of anilines is 1. The lowest BCUT2D eigenvalue weighted by atomic mass is 10.2. The molecule has 0 saturated carbocycles. The number of nitrogens with two attached hydrogens (primary N) is 1. The van der Waals surface area contributed by atoms with E-state index in [2.05, 4.69) is 0 Å². The third kappa shape index (κ3) is 3.98. The summed E-state index contributed by atoms with van der Waals surface area (Å²) in [5, 5.41) is 9.13. The molecule has 3 nitrogen and oxygen atoms in total. The van der Waals surface area contributed by atoms with Gasteiger partial charge in [-0.15, -0.1) is 0 Å². The highest BCUT2D eigenvalue weighted by Gasteiger charge is 2.04. The van der Waals surface area contributed by atoms with Crippen molar-refractivity contribution in [2.24, 2.45) is 0 Å². The third-order valence-electron chi connectivity index (χ3n) is 2.05. The van der Waals surface area contributed by atoms with E-state index in [4.69, 9.17) is 27.2 Å². The molecule has 15 heavy (non-hydrogen) atoms. The van der Waals surface area contributed by atoms with Gasteiger partial charge >= 0.3 is 0 Å². The summed E-state index contributed by atoms with van der Waals surface area (Å²) in [6, 6.07) is 5.30. The zero-order valence-corrected chi connectivity index (χ0v) is 9.33. The van der Waals surface area contributed by atoms with Gasteiger partial charge in [0.1, 0.15) is 0 Å². The number of aliphatic hydroxyl groups is 1. The molecule has 0 aliphatic heterocycles. The minimum absolute atomic E-state index is 0.230. The summed E-state index contributed by atoms with van der Waals surface area (Å²) in [4.78, 5) is 0. The van der Waals surface area contributed by atoms with Crippen molar-refractivity contribution in [1.29, 1.82) is 0 Å². The summed E-state index contributed by atoms with van der Waals surface area (Å²) in [6.45, 7) is 0.808. The van der Waals surface area contributed by atoms with Crippen molar-refractivity contribution in [1.82, 2.24) is 0 Å². The molecule has 1 aromatic carbocycles. The number of benzene rings is 1. The highest BCUT2D eigenvalue weighted by atomic mass is 35.5. The van der Waals surface area contributed by atoms with Crippen LogP contribution in [0.15, 0.2) is 18.2 Å². The Morgan fingerprint density at radius 2 is 2.07 bits per heavy atom. The Morgan fingerprint density at radius 3 is 2.73 bits per heavy atom. The summed E-state index contributed by atoms with van der Waals surface area (Å²) in [5.41, 5.74) is 6.27. The first-order chi connectivity index (χ1) is 7.25. The number of aliphatic hydroxyl groups excluding tert-OH is 1. The number of unbranched alkanes of at least 4 members (excludes halogenated alkanes) is 2. The molecule has 1 rings (SSSR count). The number of hydrogen-bond donors (Lipinski definition) is 2. The lowest BCUT2D eigenvalue weighted by molar-refractivity contribution is 0.266. The van der Waals surface area contributed by atoms with Gasteiger partial charge in [0.25, 0.3) is 0 Å². The van der Waals surface area contributed by atoms with Gasteiger partial charge in [-0.1, -0.05) is 17.7 Å². The molecule has 0 heterocycles. The van der Waals surface area contributed by atoms with E-state index in [0.717, 1.165) is 19.3 Å². The van der Waals surface area contributed by atoms with Gasteiger partial charge in [-0.3, -0.25) is 0 Å². The van der Waals surface area contributed by atoms with Gasteiger partial charge in [0.15, 0.2) is 5.75 Å². The maximum Gasteiger partial charge on any atom is 0.160 e. The average molecular weight is 230 g/mol. The zero-order valence-electron chi connectivity index (χ0n) is 8.58. The lowest BCUT2D eigenvalue weighted by Gasteiger charge is -2.09. The highest BCUT2D eigenvalue weighted by Crippen LogP contribution is 2.30. The molecule has 0 bridgehead atoms. The van der Waals surface area contributed by atoms with Crippen LogP contribution in [-0.2, 0) is 0 Å². The fraction of sp³-hybridized carbons (Fsp3) is 0.455. The summed E-state index contributed by atoms with van der Waals surface area (Å²) in [7, 11) is 0. The number of halogens is 1. The SMILES string of the molecule is Nc1cccc(Cl)c1OCCCCCO. The molecule has 0 saturated heterocycles. The zero-order chi connectivity index (χ0) is 11.1. The van der Waals surface area contributed by atoms with E-state index >= 15 is 0 Å². The molecule has 0 aliphatic rings. The molecule has 0 aliphatic carbocycles. The van der Waals surface area contributed by atoms with E-state index in [0.29, 0.717) is 23.1 Å². The predicted molar refractivity (Wildman–Crippen MR) is 62.3 cm³/mol. The largest absolute Gasteiger partial charge is 0.490 e. The van der Waals surface area contributed by atoms with E-state index < -0.39 is 0 Å². The molecule has 1 aromatic rings. The average Bonchev–Trinajstić information content (AvgIpc) is 2.21. The number of ether oxygens (including phenoxy) is 1. The van der Waals surface area contributed by atoms with Crippen LogP contribution < -0.4 is 10.5 Å². The number of hydrogen-bond acceptors (Lipinski definition) is 3. The van der Waals surface area contributed by atoms with Crippen LogP contribution in [0, 0.1) is 0 Å². The second-order valence-electron chi connectivity index (χ2n) is 3.29. The molecule has 84 valence electrons. The molecule has 0 aromatic heterocycles. The Labute approximate surface area is 94.8 Å². The Morgan fingerprint density at radius 1 is 1.27 bits per heavy atom. The molecule has 0 fully saturated rings. The fourth-order valence-corrected chi connectivity index (χ4v) is 1.48. The van der Waals surface area contributed by atoms with Crippen LogP contribution in [0.4, 0.5) is 5.69 Å². The van der Waals surface area contributed by atoms with Gasteiger partial charge in [0, 0.05) is 6.61 Å². The first-order valence-corrected chi connectivity index (χ1v) is 5.41. The van der Waals surface area contributed by atoms with Crippen LogP contribution in [0.3, 0.4) is 0 Å². The van der Waals surface area contributed by atoms with Crippen molar-refractivity contribution < 1.29 is 9.84 Å². The van der Waals surface area contributed by atoms with E-state index in [1.165, 1.54) is 0 Å². The predicted octanol–water partition coefficient (Wildman–Crippen LogP) is 2.46. The Hall–Kier alpha value is -0.930. The first-order valence-electron chi connectivity index (χ1n) is 5.03. The van der Waals surface area contributed by atoms with E-state index in [1.807, 2.05) is 0 Å². The van der Waals surface area contributed by atoms with Gasteiger partial charge < -0.3 is 15.6 Å². The quantitative estimate of drug-likeness (QED) is 0.582. The van der Waals surface area contributed by atoms with Crippen molar-refractivity contribution >= 4 is 17.3 Å². The first kappa shape index (κ1) is 12.1. The molecule has 4 heteroatoms. The summed E-state index contributed by atoms with van der Waals surface area (Å²) in [5.74, 6) is 0.558. The van der Waals surface area contributed by atoms with Gasteiger partial charge in [0.05, 0.1) is 17.3 Å². The summed E-state index contributed by atoms with van der Waals surface area (Å²) in [6.07, 6.45) is 2.65. The van der Waals surface area contributed by atoms with Crippen LogP contribution in [0.1, 0.15) is 19.3 Å². The van der Waals surface area contributed by atoms with Crippen molar-refractivity contribution in [2.75, 3.05) is 18.9 Å². The lowest BCUT2D eigenvalue weighted by Crippen LogP contribution is -2.01. The molecule has 0 unspecified atom stereocenters. The molecule has 3 N–H and O–H groups in total. The van der Waals surface area contributed by atoms with Gasteiger partial charge in [-0.05, 0) is 31.4 Å². The molecule has 0 radical (unpaired) electrons.